The molecule has 5 rings (SSSR count). The Bertz CT molecular complexity index is 1100. The largest absolute Gasteiger partial charge is 0.264 e. The lowest BCUT2D eigenvalue weighted by Gasteiger charge is -2.20. The molecule has 138 valence electrons. The summed E-state index contributed by atoms with van der Waals surface area (Å²) in [6, 6.07) is 16.9. The Morgan fingerprint density at radius 2 is 1.93 bits per heavy atom. The standard InChI is InChI=1S/C22H18N4S2/c1-15-6-8-16(9-7-15)19-14-28-22(24-19)26-20(17-4-2-10-23-13-17)12-18(25-26)21-5-3-11-27-21/h2-11,13-14,20H,12H2,1H3/t20-/m0/s1. The van der Waals surface area contributed by atoms with Gasteiger partial charge in [0.1, 0.15) is 0 Å². The van der Waals surface area contributed by atoms with Crippen LogP contribution < -0.4 is 5.01 Å². The van der Waals surface area contributed by atoms with Crippen LogP contribution in [0, 0.1) is 6.92 Å². The van der Waals surface area contributed by atoms with Gasteiger partial charge in [0.25, 0.3) is 0 Å². The minimum absolute atomic E-state index is 0.114. The van der Waals surface area contributed by atoms with Gasteiger partial charge in [-0.15, -0.1) is 22.7 Å². The Hall–Kier alpha value is -2.83. The van der Waals surface area contributed by atoms with Crippen molar-refractivity contribution in [3.05, 3.63) is 87.7 Å². The van der Waals surface area contributed by atoms with E-state index in [0.717, 1.165) is 34.1 Å². The zero-order chi connectivity index (χ0) is 18.9. The quantitative estimate of drug-likeness (QED) is 0.425. The van der Waals surface area contributed by atoms with E-state index >= 15 is 0 Å². The second-order valence-electron chi connectivity index (χ2n) is 6.76. The Morgan fingerprint density at radius 1 is 1.04 bits per heavy atom. The Balaban J connectivity index is 1.52. The first-order valence-electron chi connectivity index (χ1n) is 9.11. The molecule has 1 aliphatic heterocycles. The minimum Gasteiger partial charge on any atom is -0.264 e. The molecule has 0 radical (unpaired) electrons. The van der Waals surface area contributed by atoms with Crippen LogP contribution in [0.1, 0.15) is 28.5 Å². The Kier molecular flexibility index (Phi) is 4.50. The smallest absolute Gasteiger partial charge is 0.207 e. The van der Waals surface area contributed by atoms with E-state index in [0.29, 0.717) is 0 Å². The van der Waals surface area contributed by atoms with Crippen LogP contribution in [-0.2, 0) is 0 Å². The second kappa shape index (κ2) is 7.30. The molecule has 0 unspecified atom stereocenters. The number of nitrogens with zero attached hydrogens (tertiary/aromatic N) is 4. The minimum atomic E-state index is 0.114. The van der Waals surface area contributed by atoms with Crippen LogP contribution in [0.15, 0.2) is 76.8 Å². The zero-order valence-electron chi connectivity index (χ0n) is 15.3. The average Bonchev–Trinajstić information content (AvgIpc) is 3.48. The van der Waals surface area contributed by atoms with Gasteiger partial charge in [-0.05, 0) is 30.0 Å². The molecule has 1 aliphatic rings. The molecule has 0 saturated heterocycles. The third-order valence-electron chi connectivity index (χ3n) is 4.82. The molecule has 4 aromatic rings. The zero-order valence-corrected chi connectivity index (χ0v) is 17.0. The second-order valence-corrected chi connectivity index (χ2v) is 8.54. The molecule has 0 spiro atoms. The van der Waals surface area contributed by atoms with Gasteiger partial charge in [-0.2, -0.15) is 5.10 Å². The number of aromatic nitrogens is 2. The van der Waals surface area contributed by atoms with Crippen LogP contribution in [0.25, 0.3) is 11.3 Å². The molecule has 3 aromatic heterocycles. The SMILES string of the molecule is Cc1ccc(-c2csc(N3N=C(c4cccs4)C[C@H]3c3cccnc3)n2)cc1. The van der Waals surface area contributed by atoms with Gasteiger partial charge in [0.05, 0.1) is 22.3 Å². The summed E-state index contributed by atoms with van der Waals surface area (Å²) in [6.07, 6.45) is 4.59. The first-order chi connectivity index (χ1) is 13.8. The van der Waals surface area contributed by atoms with Crippen LogP contribution in [0.2, 0.25) is 0 Å². The third-order valence-corrected chi connectivity index (χ3v) is 6.57. The molecule has 0 amide bonds. The lowest BCUT2D eigenvalue weighted by Crippen LogP contribution is -2.18. The first-order valence-corrected chi connectivity index (χ1v) is 10.9. The number of rotatable bonds is 4. The van der Waals surface area contributed by atoms with E-state index in [4.69, 9.17) is 10.1 Å². The number of benzene rings is 1. The highest BCUT2D eigenvalue weighted by Crippen LogP contribution is 2.39. The average molecular weight is 403 g/mol. The molecule has 4 heterocycles. The van der Waals surface area contributed by atoms with Crippen LogP contribution >= 0.6 is 22.7 Å². The molecular formula is C22H18N4S2. The number of pyridine rings is 1. The van der Waals surface area contributed by atoms with Crippen LogP contribution in [0.5, 0.6) is 0 Å². The lowest BCUT2D eigenvalue weighted by atomic mass is 10.0. The van der Waals surface area contributed by atoms with Gasteiger partial charge in [-0.3, -0.25) is 4.98 Å². The molecule has 0 N–H and O–H groups in total. The topological polar surface area (TPSA) is 41.4 Å². The predicted octanol–water partition coefficient (Wildman–Crippen LogP) is 5.93. The summed E-state index contributed by atoms with van der Waals surface area (Å²) < 4.78 is 0. The van der Waals surface area contributed by atoms with Gasteiger partial charge in [0.2, 0.25) is 5.13 Å². The fourth-order valence-corrected chi connectivity index (χ4v) is 4.89. The summed E-state index contributed by atoms with van der Waals surface area (Å²) in [4.78, 5) is 10.4. The van der Waals surface area contributed by atoms with Gasteiger partial charge in [0, 0.05) is 29.8 Å². The van der Waals surface area contributed by atoms with Crippen molar-refractivity contribution in [2.75, 3.05) is 5.01 Å². The summed E-state index contributed by atoms with van der Waals surface area (Å²) in [6.45, 7) is 2.10. The van der Waals surface area contributed by atoms with Gasteiger partial charge in [0.15, 0.2) is 0 Å². The van der Waals surface area contributed by atoms with Crippen LogP contribution in [0.4, 0.5) is 5.13 Å². The molecule has 6 heteroatoms. The van der Waals surface area contributed by atoms with E-state index in [1.54, 1.807) is 22.7 Å². The number of thiophene rings is 1. The summed E-state index contributed by atoms with van der Waals surface area (Å²) in [7, 11) is 0. The van der Waals surface area contributed by atoms with E-state index in [1.807, 2.05) is 18.5 Å². The molecule has 28 heavy (non-hydrogen) atoms. The van der Waals surface area contributed by atoms with Crippen LogP contribution in [0.3, 0.4) is 0 Å². The predicted molar refractivity (Wildman–Crippen MR) is 117 cm³/mol. The summed E-state index contributed by atoms with van der Waals surface area (Å²) in [5.74, 6) is 0. The van der Waals surface area contributed by atoms with Crippen molar-refractivity contribution in [2.45, 2.75) is 19.4 Å². The maximum absolute atomic E-state index is 4.96. The highest BCUT2D eigenvalue weighted by Gasteiger charge is 2.32. The number of thiazole rings is 1. The lowest BCUT2D eigenvalue weighted by molar-refractivity contribution is 0.703. The first kappa shape index (κ1) is 17.3. The van der Waals surface area contributed by atoms with E-state index in [9.17, 15) is 0 Å². The molecule has 4 nitrogen and oxygen atoms in total. The molecule has 1 aromatic carbocycles. The van der Waals surface area contributed by atoms with Crippen LogP contribution in [-0.4, -0.2) is 15.7 Å². The van der Waals surface area contributed by atoms with Gasteiger partial charge < -0.3 is 0 Å². The normalized spacial score (nSPS) is 16.4. The summed E-state index contributed by atoms with van der Waals surface area (Å²) in [5, 5.41) is 12.1. The molecule has 0 fully saturated rings. The van der Waals surface area contributed by atoms with Crippen molar-refractivity contribution < 1.29 is 0 Å². The maximum atomic E-state index is 4.96. The molecule has 0 bridgehead atoms. The van der Waals surface area contributed by atoms with Crippen molar-refractivity contribution in [3.63, 3.8) is 0 Å². The fraction of sp³-hybridized carbons (Fsp3) is 0.136. The molecule has 0 saturated carbocycles. The summed E-state index contributed by atoms with van der Waals surface area (Å²) >= 11 is 3.36. The van der Waals surface area contributed by atoms with Crippen molar-refractivity contribution in [2.24, 2.45) is 5.10 Å². The Labute approximate surface area is 171 Å². The molecule has 0 aliphatic carbocycles. The van der Waals surface area contributed by atoms with Crippen molar-refractivity contribution >= 4 is 33.5 Å². The fourth-order valence-electron chi connectivity index (χ4n) is 3.34. The number of aryl methyl sites for hydroxylation is 1. The molecule has 1 atom stereocenters. The Morgan fingerprint density at radius 3 is 2.68 bits per heavy atom. The highest BCUT2D eigenvalue weighted by molar-refractivity contribution is 7.14. The van der Waals surface area contributed by atoms with E-state index in [2.05, 4.69) is 70.1 Å². The molecular weight excluding hydrogens is 384 g/mol. The third kappa shape index (κ3) is 3.25. The van der Waals surface area contributed by atoms with E-state index < -0.39 is 0 Å². The van der Waals surface area contributed by atoms with Crippen molar-refractivity contribution in [3.8, 4) is 11.3 Å². The maximum Gasteiger partial charge on any atom is 0.207 e. The summed E-state index contributed by atoms with van der Waals surface area (Å²) in [5.41, 5.74) is 5.64. The highest BCUT2D eigenvalue weighted by atomic mass is 32.1. The number of hydrogen-bond acceptors (Lipinski definition) is 6. The van der Waals surface area contributed by atoms with Gasteiger partial charge >= 0.3 is 0 Å². The van der Waals surface area contributed by atoms with Gasteiger partial charge in [-0.1, -0.05) is 42.0 Å². The van der Waals surface area contributed by atoms with Crippen molar-refractivity contribution in [1.29, 1.82) is 0 Å². The van der Waals surface area contributed by atoms with Crippen molar-refractivity contribution in [1.82, 2.24) is 9.97 Å². The number of hydrazone groups is 1. The monoisotopic (exact) mass is 402 g/mol. The van der Waals surface area contributed by atoms with E-state index in [1.165, 1.54) is 10.4 Å². The number of anilines is 1. The van der Waals surface area contributed by atoms with Gasteiger partial charge in [-0.25, -0.2) is 9.99 Å². The van der Waals surface area contributed by atoms with E-state index in [-0.39, 0.29) is 6.04 Å². The number of hydrogen-bond donors (Lipinski definition) is 0.